The Bertz CT molecular complexity index is 1290. The summed E-state index contributed by atoms with van der Waals surface area (Å²) in [6.45, 7) is 7.55. The van der Waals surface area contributed by atoms with Crippen molar-refractivity contribution in [3.63, 3.8) is 0 Å². The first kappa shape index (κ1) is 22.9. The van der Waals surface area contributed by atoms with Crippen LogP contribution >= 0.6 is 0 Å². The van der Waals surface area contributed by atoms with E-state index in [9.17, 15) is 4.79 Å². The average Bonchev–Trinajstić information content (AvgIpc) is 3.56. The molecule has 0 bridgehead atoms. The van der Waals surface area contributed by atoms with Crippen molar-refractivity contribution in [2.75, 3.05) is 69.6 Å². The van der Waals surface area contributed by atoms with Crippen LogP contribution in [0.4, 0.5) is 17.5 Å². The van der Waals surface area contributed by atoms with E-state index >= 15 is 0 Å². The smallest absolute Gasteiger partial charge is 0.253 e. The largest absolute Gasteiger partial charge is 0.338 e. The highest BCUT2D eigenvalue weighted by atomic mass is 16.2. The number of rotatable bonds is 5. The molecule has 0 unspecified atom stereocenters. The number of piperazine rings is 1. The lowest BCUT2D eigenvalue weighted by atomic mass is 9.73. The molecule has 7 rings (SSSR count). The molecular formula is C27H35N9O. The Morgan fingerprint density at radius 3 is 2.46 bits per heavy atom. The minimum atomic E-state index is 0.118. The van der Waals surface area contributed by atoms with Crippen LogP contribution in [0.25, 0.3) is 11.2 Å². The summed E-state index contributed by atoms with van der Waals surface area (Å²) in [4.78, 5) is 34.2. The van der Waals surface area contributed by atoms with E-state index < -0.39 is 0 Å². The Morgan fingerprint density at radius 2 is 1.76 bits per heavy atom. The van der Waals surface area contributed by atoms with E-state index in [1.54, 1.807) is 0 Å². The Balaban J connectivity index is 1.13. The molecule has 4 fully saturated rings. The third kappa shape index (κ3) is 4.12. The van der Waals surface area contributed by atoms with Gasteiger partial charge in [0.15, 0.2) is 17.0 Å². The van der Waals surface area contributed by atoms with Crippen LogP contribution in [0, 0.1) is 5.41 Å². The molecule has 1 spiro atoms. The molecule has 3 aromatic rings. The lowest BCUT2D eigenvalue weighted by molar-refractivity contribution is -0.0872. The SMILES string of the molecule is CN1CC2(C1)CN(C(=O)c1ccc(Nc3nc(N4CCNCC4)nc4c3ncn4C3CCCC3)cc1)C2. The van der Waals surface area contributed by atoms with Gasteiger partial charge in [-0.3, -0.25) is 4.79 Å². The highest BCUT2D eigenvalue weighted by Gasteiger charge is 2.51. The van der Waals surface area contributed by atoms with Gasteiger partial charge in [-0.2, -0.15) is 9.97 Å². The molecule has 2 N–H and O–H groups in total. The molecule has 2 aromatic heterocycles. The molecule has 1 saturated carbocycles. The molecule has 1 aromatic carbocycles. The number of nitrogens with one attached hydrogen (secondary N) is 2. The van der Waals surface area contributed by atoms with Gasteiger partial charge in [0.05, 0.1) is 6.33 Å². The van der Waals surface area contributed by atoms with E-state index in [-0.39, 0.29) is 5.91 Å². The third-order valence-electron chi connectivity index (χ3n) is 8.47. The van der Waals surface area contributed by atoms with Gasteiger partial charge in [-0.1, -0.05) is 12.8 Å². The molecule has 0 atom stereocenters. The number of hydrogen-bond acceptors (Lipinski definition) is 8. The molecule has 3 aliphatic heterocycles. The number of benzene rings is 1. The molecule has 37 heavy (non-hydrogen) atoms. The zero-order chi connectivity index (χ0) is 25.0. The van der Waals surface area contributed by atoms with Crippen LogP contribution in [0.3, 0.4) is 0 Å². The minimum Gasteiger partial charge on any atom is -0.338 e. The van der Waals surface area contributed by atoms with Crippen LogP contribution in [0.15, 0.2) is 30.6 Å². The van der Waals surface area contributed by atoms with Crippen molar-refractivity contribution in [2.24, 2.45) is 5.41 Å². The average molecular weight is 502 g/mol. The van der Waals surface area contributed by atoms with E-state index in [0.717, 1.165) is 80.7 Å². The molecule has 194 valence electrons. The number of carbonyl (C=O) groups excluding carboxylic acids is 1. The van der Waals surface area contributed by atoms with Crippen molar-refractivity contribution >= 4 is 34.5 Å². The van der Waals surface area contributed by atoms with Crippen LogP contribution in [-0.4, -0.2) is 94.6 Å². The van der Waals surface area contributed by atoms with Gasteiger partial charge in [0, 0.05) is 75.1 Å². The fraction of sp³-hybridized carbons (Fsp3) is 0.556. The molecule has 5 heterocycles. The highest BCUT2D eigenvalue weighted by molar-refractivity contribution is 5.95. The van der Waals surface area contributed by atoms with Crippen LogP contribution in [0.2, 0.25) is 0 Å². The van der Waals surface area contributed by atoms with Crippen LogP contribution in [0.1, 0.15) is 42.1 Å². The predicted octanol–water partition coefficient (Wildman–Crippen LogP) is 2.48. The number of likely N-dealkylation sites (tertiary alicyclic amines) is 2. The summed E-state index contributed by atoms with van der Waals surface area (Å²) in [5, 5.41) is 6.90. The van der Waals surface area contributed by atoms with Crippen molar-refractivity contribution in [1.29, 1.82) is 0 Å². The molecule has 10 heteroatoms. The van der Waals surface area contributed by atoms with Gasteiger partial charge in [-0.15, -0.1) is 0 Å². The maximum Gasteiger partial charge on any atom is 0.253 e. The second-order valence-corrected chi connectivity index (χ2v) is 11.4. The lowest BCUT2D eigenvalue weighted by Crippen LogP contribution is -2.71. The van der Waals surface area contributed by atoms with Gasteiger partial charge in [0.2, 0.25) is 5.95 Å². The number of nitrogens with zero attached hydrogens (tertiary/aromatic N) is 7. The van der Waals surface area contributed by atoms with E-state index in [1.165, 1.54) is 25.7 Å². The number of hydrogen-bond donors (Lipinski definition) is 2. The zero-order valence-corrected chi connectivity index (χ0v) is 21.5. The summed E-state index contributed by atoms with van der Waals surface area (Å²) in [5.74, 6) is 1.58. The van der Waals surface area contributed by atoms with Crippen LogP contribution < -0.4 is 15.5 Å². The number of carbonyl (C=O) groups is 1. The molecule has 1 amide bonds. The molecule has 10 nitrogen and oxygen atoms in total. The van der Waals surface area contributed by atoms with Crippen molar-refractivity contribution in [1.82, 2.24) is 34.6 Å². The normalized spacial score (nSPS) is 21.9. The molecule has 0 radical (unpaired) electrons. The van der Waals surface area contributed by atoms with Gasteiger partial charge in [0.1, 0.15) is 0 Å². The number of amides is 1. The topological polar surface area (TPSA) is 94.4 Å². The Hall–Kier alpha value is -3.24. The third-order valence-corrected chi connectivity index (χ3v) is 8.47. The summed E-state index contributed by atoms with van der Waals surface area (Å²) < 4.78 is 2.25. The van der Waals surface area contributed by atoms with Gasteiger partial charge < -0.3 is 29.9 Å². The Kier molecular flexibility index (Phi) is 5.54. The highest BCUT2D eigenvalue weighted by Crippen LogP contribution is 2.39. The van der Waals surface area contributed by atoms with Gasteiger partial charge in [0.25, 0.3) is 5.91 Å². The van der Waals surface area contributed by atoms with Crippen molar-refractivity contribution in [3.05, 3.63) is 36.2 Å². The second-order valence-electron chi connectivity index (χ2n) is 11.4. The van der Waals surface area contributed by atoms with E-state index in [2.05, 4.69) is 32.0 Å². The summed E-state index contributed by atoms with van der Waals surface area (Å²) in [6.07, 6.45) is 6.79. The van der Waals surface area contributed by atoms with Crippen molar-refractivity contribution in [2.45, 2.75) is 31.7 Å². The molecule has 1 aliphatic carbocycles. The summed E-state index contributed by atoms with van der Waals surface area (Å²) in [6, 6.07) is 8.21. The fourth-order valence-corrected chi connectivity index (χ4v) is 6.67. The predicted molar refractivity (Wildman–Crippen MR) is 143 cm³/mol. The van der Waals surface area contributed by atoms with E-state index in [0.29, 0.717) is 17.3 Å². The summed E-state index contributed by atoms with van der Waals surface area (Å²) in [5.41, 5.74) is 3.65. The maximum atomic E-state index is 13.0. The van der Waals surface area contributed by atoms with Gasteiger partial charge >= 0.3 is 0 Å². The maximum absolute atomic E-state index is 13.0. The van der Waals surface area contributed by atoms with Crippen LogP contribution in [0.5, 0.6) is 0 Å². The van der Waals surface area contributed by atoms with Crippen LogP contribution in [-0.2, 0) is 0 Å². The fourth-order valence-electron chi connectivity index (χ4n) is 6.67. The monoisotopic (exact) mass is 501 g/mol. The molecule has 4 aliphatic rings. The summed E-state index contributed by atoms with van der Waals surface area (Å²) >= 11 is 0. The number of aromatic nitrogens is 4. The first-order chi connectivity index (χ1) is 18.1. The lowest BCUT2D eigenvalue weighted by Gasteiger charge is -2.59. The standard InChI is InChI=1S/C27H35N9O/c1-33-14-27(15-33)16-35(17-27)25(37)19-6-8-20(9-7-19)30-23-22-24(36(18-29-22)21-4-2-3-5-21)32-26(31-23)34-12-10-28-11-13-34/h6-9,18,21,28H,2-5,10-17H2,1H3,(H,30,31,32). The van der Waals surface area contributed by atoms with Crippen molar-refractivity contribution < 1.29 is 4.79 Å². The minimum absolute atomic E-state index is 0.118. The van der Waals surface area contributed by atoms with E-state index in [1.807, 2.05) is 35.5 Å². The number of imidazole rings is 1. The number of anilines is 3. The first-order valence-corrected chi connectivity index (χ1v) is 13.6. The zero-order valence-electron chi connectivity index (χ0n) is 21.5. The summed E-state index contributed by atoms with van der Waals surface area (Å²) in [7, 11) is 2.14. The van der Waals surface area contributed by atoms with Gasteiger partial charge in [-0.25, -0.2) is 4.98 Å². The van der Waals surface area contributed by atoms with Crippen molar-refractivity contribution in [3.8, 4) is 0 Å². The second kappa shape index (κ2) is 8.95. The Morgan fingerprint density at radius 1 is 1.03 bits per heavy atom. The molecule has 3 saturated heterocycles. The molecular weight excluding hydrogens is 466 g/mol. The quantitative estimate of drug-likeness (QED) is 0.551. The first-order valence-electron chi connectivity index (χ1n) is 13.6. The van der Waals surface area contributed by atoms with Gasteiger partial charge in [-0.05, 0) is 44.2 Å². The Labute approximate surface area is 217 Å². The van der Waals surface area contributed by atoms with E-state index in [4.69, 9.17) is 15.0 Å². The number of fused-ring (bicyclic) bond motifs is 1.